The van der Waals surface area contributed by atoms with Crippen LogP contribution in [-0.4, -0.2) is 44.3 Å². The van der Waals surface area contributed by atoms with Crippen LogP contribution in [0.1, 0.15) is 37.8 Å². The summed E-state index contributed by atoms with van der Waals surface area (Å²) in [5.41, 5.74) is -1.02. The number of nitrogens with zero attached hydrogens (tertiary/aromatic N) is 2. The Morgan fingerprint density at radius 1 is 1.02 bits per heavy atom. The van der Waals surface area contributed by atoms with E-state index >= 15 is 0 Å². The molecule has 3 rings (SSSR count). The fraction of sp³-hybridized carbons (Fsp3) is 0.310. The van der Waals surface area contributed by atoms with Crippen LogP contribution in [0.25, 0.3) is 0 Å². The second kappa shape index (κ2) is 14.4. The number of nitrogens with one attached hydrogen (secondary N) is 1. The number of hydrogen-bond donors (Lipinski definition) is 1. The Bertz CT molecular complexity index is 1510. The zero-order valence-electron chi connectivity index (χ0n) is 22.9. The van der Waals surface area contributed by atoms with Crippen molar-refractivity contribution in [1.29, 1.82) is 0 Å². The molecule has 0 spiro atoms. The molecule has 3 aromatic carbocycles. The van der Waals surface area contributed by atoms with Gasteiger partial charge in [-0.1, -0.05) is 71.2 Å². The Hall–Kier alpha value is -3.09. The molecule has 13 heteroatoms. The van der Waals surface area contributed by atoms with Crippen molar-refractivity contribution in [1.82, 2.24) is 10.2 Å². The van der Waals surface area contributed by atoms with Gasteiger partial charge in [0, 0.05) is 17.6 Å². The molecule has 1 N–H and O–H groups in total. The summed E-state index contributed by atoms with van der Waals surface area (Å²) in [7, 11) is -4.58. The number of unbranched alkanes of at least 4 members (excludes halogenated alkanes) is 1. The van der Waals surface area contributed by atoms with Gasteiger partial charge < -0.3 is 10.2 Å². The molecule has 0 aromatic heterocycles. The smallest absolute Gasteiger partial charge is 0.354 e. The molecule has 0 fully saturated rings. The Morgan fingerprint density at radius 2 is 1.71 bits per heavy atom. The molecule has 0 saturated heterocycles. The van der Waals surface area contributed by atoms with E-state index in [0.717, 1.165) is 29.4 Å². The molecule has 0 radical (unpaired) electrons. The first kappa shape index (κ1) is 33.4. The lowest BCUT2D eigenvalue weighted by Gasteiger charge is -2.32. The Kier molecular flexibility index (Phi) is 11.4. The number of benzene rings is 3. The molecular formula is C29H30BrClF3N3O4S. The number of anilines is 1. The lowest BCUT2D eigenvalue weighted by molar-refractivity contribution is -0.139. The molecule has 3 aromatic rings. The SMILES string of the molecule is CCCCNC(=O)[C@H](C)N(Cc1cccc(Br)c1)C(=O)CN(c1cc(C(F)(F)F)ccc1Cl)S(=O)(=O)c1ccccc1. The minimum Gasteiger partial charge on any atom is -0.354 e. The molecule has 42 heavy (non-hydrogen) atoms. The maximum Gasteiger partial charge on any atom is 0.416 e. The largest absolute Gasteiger partial charge is 0.416 e. The van der Waals surface area contributed by atoms with Crippen molar-refractivity contribution in [2.75, 3.05) is 17.4 Å². The van der Waals surface area contributed by atoms with Crippen LogP contribution in [0.15, 0.2) is 82.2 Å². The van der Waals surface area contributed by atoms with Crippen LogP contribution < -0.4 is 9.62 Å². The molecule has 1 atom stereocenters. The molecule has 0 aliphatic rings. The predicted molar refractivity (Wildman–Crippen MR) is 159 cm³/mol. The van der Waals surface area contributed by atoms with E-state index in [4.69, 9.17) is 11.6 Å². The molecule has 2 amide bonds. The van der Waals surface area contributed by atoms with E-state index in [9.17, 15) is 31.2 Å². The van der Waals surface area contributed by atoms with Crippen molar-refractivity contribution in [2.24, 2.45) is 0 Å². The van der Waals surface area contributed by atoms with Crippen molar-refractivity contribution in [2.45, 2.75) is 50.3 Å². The number of carbonyl (C=O) groups is 2. The Morgan fingerprint density at radius 3 is 2.33 bits per heavy atom. The third kappa shape index (κ3) is 8.48. The maximum atomic E-state index is 13.9. The highest BCUT2D eigenvalue weighted by Gasteiger charge is 2.36. The van der Waals surface area contributed by atoms with Crippen molar-refractivity contribution in [3.8, 4) is 0 Å². The average molecular weight is 689 g/mol. The number of rotatable bonds is 12. The molecular weight excluding hydrogens is 659 g/mol. The van der Waals surface area contributed by atoms with E-state index in [-0.39, 0.29) is 16.5 Å². The zero-order chi connectivity index (χ0) is 31.1. The summed E-state index contributed by atoms with van der Waals surface area (Å²) in [6, 6.07) is 15.2. The van der Waals surface area contributed by atoms with Gasteiger partial charge in [0.2, 0.25) is 11.8 Å². The fourth-order valence-electron chi connectivity index (χ4n) is 4.06. The van der Waals surface area contributed by atoms with Crippen LogP contribution >= 0.6 is 27.5 Å². The van der Waals surface area contributed by atoms with Gasteiger partial charge >= 0.3 is 6.18 Å². The van der Waals surface area contributed by atoms with Crippen LogP contribution in [0, 0.1) is 0 Å². The maximum absolute atomic E-state index is 13.9. The number of amides is 2. The minimum atomic E-state index is -4.80. The van der Waals surface area contributed by atoms with Crippen LogP contribution in [0.2, 0.25) is 5.02 Å². The monoisotopic (exact) mass is 687 g/mol. The van der Waals surface area contributed by atoms with Gasteiger partial charge in [-0.2, -0.15) is 13.2 Å². The molecule has 226 valence electrons. The van der Waals surface area contributed by atoms with Crippen molar-refractivity contribution in [3.05, 3.63) is 93.4 Å². The van der Waals surface area contributed by atoms with Gasteiger partial charge in [-0.3, -0.25) is 13.9 Å². The summed E-state index contributed by atoms with van der Waals surface area (Å²) < 4.78 is 69.8. The van der Waals surface area contributed by atoms with Crippen molar-refractivity contribution >= 4 is 55.1 Å². The molecule has 0 unspecified atom stereocenters. The lowest BCUT2D eigenvalue weighted by atomic mass is 10.1. The summed E-state index contributed by atoms with van der Waals surface area (Å²) in [4.78, 5) is 27.9. The van der Waals surface area contributed by atoms with Gasteiger partial charge in [-0.05, 0) is 61.4 Å². The van der Waals surface area contributed by atoms with Crippen LogP contribution in [0.5, 0.6) is 0 Å². The van der Waals surface area contributed by atoms with Crippen LogP contribution in [0.4, 0.5) is 18.9 Å². The van der Waals surface area contributed by atoms with Gasteiger partial charge in [0.15, 0.2) is 0 Å². The summed E-state index contributed by atoms with van der Waals surface area (Å²) in [6.45, 7) is 2.85. The summed E-state index contributed by atoms with van der Waals surface area (Å²) >= 11 is 9.63. The normalized spacial score (nSPS) is 12.5. The predicted octanol–water partition coefficient (Wildman–Crippen LogP) is 6.65. The Balaban J connectivity index is 2.10. The van der Waals surface area contributed by atoms with E-state index in [1.165, 1.54) is 36.1 Å². The second-order valence-electron chi connectivity index (χ2n) is 9.46. The number of alkyl halides is 3. The molecule has 7 nitrogen and oxygen atoms in total. The molecule has 0 aliphatic carbocycles. The summed E-state index contributed by atoms with van der Waals surface area (Å²) in [5, 5.41) is 2.46. The van der Waals surface area contributed by atoms with E-state index in [2.05, 4.69) is 21.2 Å². The first-order valence-corrected chi connectivity index (χ1v) is 15.6. The first-order valence-electron chi connectivity index (χ1n) is 13.0. The van der Waals surface area contributed by atoms with Gasteiger partial charge in [0.05, 0.1) is 21.2 Å². The fourth-order valence-corrected chi connectivity index (χ4v) is 6.23. The minimum absolute atomic E-state index is 0.0732. The highest BCUT2D eigenvalue weighted by atomic mass is 79.9. The quantitative estimate of drug-likeness (QED) is 0.216. The van der Waals surface area contributed by atoms with Gasteiger partial charge in [0.25, 0.3) is 10.0 Å². The third-order valence-corrected chi connectivity index (χ3v) is 8.98. The molecule has 0 saturated carbocycles. The van der Waals surface area contributed by atoms with Crippen LogP contribution in [0.3, 0.4) is 0 Å². The Labute approximate surface area is 256 Å². The molecule has 0 aliphatic heterocycles. The third-order valence-electron chi connectivity index (χ3n) is 6.39. The van der Waals surface area contributed by atoms with Crippen molar-refractivity contribution < 1.29 is 31.2 Å². The highest BCUT2D eigenvalue weighted by molar-refractivity contribution is 9.10. The number of hydrogen-bond acceptors (Lipinski definition) is 4. The van der Waals surface area contributed by atoms with E-state index in [0.29, 0.717) is 22.5 Å². The van der Waals surface area contributed by atoms with Gasteiger partial charge in [-0.25, -0.2) is 8.42 Å². The summed E-state index contributed by atoms with van der Waals surface area (Å²) in [6.07, 6.45) is -3.25. The average Bonchev–Trinajstić information content (AvgIpc) is 2.94. The first-order chi connectivity index (χ1) is 19.8. The summed E-state index contributed by atoms with van der Waals surface area (Å²) in [5.74, 6) is -1.28. The van der Waals surface area contributed by atoms with Crippen molar-refractivity contribution in [3.63, 3.8) is 0 Å². The molecule has 0 heterocycles. The van der Waals surface area contributed by atoms with E-state index in [1.54, 1.807) is 30.3 Å². The van der Waals surface area contributed by atoms with E-state index in [1.807, 2.05) is 6.92 Å². The number of sulfonamides is 1. The van der Waals surface area contributed by atoms with Gasteiger partial charge in [0.1, 0.15) is 12.6 Å². The lowest BCUT2D eigenvalue weighted by Crippen LogP contribution is -2.51. The van der Waals surface area contributed by atoms with Gasteiger partial charge in [-0.15, -0.1) is 0 Å². The number of halogens is 5. The second-order valence-corrected chi connectivity index (χ2v) is 12.6. The topological polar surface area (TPSA) is 86.8 Å². The highest BCUT2D eigenvalue weighted by Crippen LogP contribution is 2.37. The number of carbonyl (C=O) groups excluding carboxylic acids is 2. The zero-order valence-corrected chi connectivity index (χ0v) is 26.0. The standard InChI is InChI=1S/C29H30BrClF3N3O4S/c1-3-4-15-35-28(39)20(2)36(18-21-9-8-10-23(30)16-21)27(38)19-37(42(40,41)24-11-6-5-7-12-24)26-17-22(29(32,33)34)13-14-25(26)31/h5-14,16-17,20H,3-4,15,18-19H2,1-2H3,(H,35,39)/t20-/m0/s1. The van der Waals surface area contributed by atoms with E-state index < -0.39 is 51.9 Å². The van der Waals surface area contributed by atoms with Crippen LogP contribution in [-0.2, 0) is 32.3 Å². The molecule has 0 bridgehead atoms.